The minimum Gasteiger partial charge on any atom is -0.309 e. The van der Waals surface area contributed by atoms with Gasteiger partial charge in [0.25, 0.3) is 5.91 Å². The number of anilines is 1. The van der Waals surface area contributed by atoms with E-state index in [0.717, 1.165) is 34.7 Å². The average molecular weight is 404 g/mol. The van der Waals surface area contributed by atoms with Crippen LogP contribution in [0.5, 0.6) is 0 Å². The van der Waals surface area contributed by atoms with Gasteiger partial charge in [-0.3, -0.25) is 9.69 Å². The maximum Gasteiger partial charge on any atom is 0.260 e. The predicted octanol–water partition coefficient (Wildman–Crippen LogP) is 4.88. The Balaban J connectivity index is 0.00000261. The molecule has 0 aliphatic carbocycles. The molecule has 1 amide bonds. The van der Waals surface area contributed by atoms with Crippen LogP contribution in [0.4, 0.5) is 5.13 Å². The minimum atomic E-state index is 0. The van der Waals surface area contributed by atoms with Gasteiger partial charge in [-0.2, -0.15) is 0 Å². The lowest BCUT2D eigenvalue weighted by atomic mass is 10.2. The molecule has 27 heavy (non-hydrogen) atoms. The van der Waals surface area contributed by atoms with Gasteiger partial charge in [-0.15, -0.1) is 12.4 Å². The van der Waals surface area contributed by atoms with Crippen molar-refractivity contribution < 1.29 is 4.79 Å². The molecular weight excluding hydrogens is 378 g/mol. The van der Waals surface area contributed by atoms with Gasteiger partial charge in [0.05, 0.1) is 10.2 Å². The van der Waals surface area contributed by atoms with Crippen LogP contribution in [-0.2, 0) is 6.42 Å². The van der Waals surface area contributed by atoms with E-state index in [4.69, 9.17) is 4.98 Å². The molecule has 0 N–H and O–H groups in total. The second-order valence-corrected chi connectivity index (χ2v) is 7.64. The molecule has 0 spiro atoms. The summed E-state index contributed by atoms with van der Waals surface area (Å²) in [4.78, 5) is 21.8. The minimum absolute atomic E-state index is 0. The zero-order valence-corrected chi connectivity index (χ0v) is 17.6. The van der Waals surface area contributed by atoms with Gasteiger partial charge in [0.15, 0.2) is 5.13 Å². The number of benzene rings is 2. The van der Waals surface area contributed by atoms with Crippen molar-refractivity contribution in [1.29, 1.82) is 0 Å². The van der Waals surface area contributed by atoms with Crippen LogP contribution in [0.3, 0.4) is 0 Å². The topological polar surface area (TPSA) is 36.4 Å². The first-order valence-electron chi connectivity index (χ1n) is 8.99. The first-order valence-corrected chi connectivity index (χ1v) is 9.81. The number of hydrogen-bond donors (Lipinski definition) is 0. The monoisotopic (exact) mass is 403 g/mol. The smallest absolute Gasteiger partial charge is 0.260 e. The number of thiazole rings is 1. The van der Waals surface area contributed by atoms with E-state index in [-0.39, 0.29) is 18.3 Å². The second-order valence-electron chi connectivity index (χ2n) is 6.63. The van der Waals surface area contributed by atoms with Gasteiger partial charge in [0.1, 0.15) is 0 Å². The molecule has 2 aromatic carbocycles. The van der Waals surface area contributed by atoms with Crippen molar-refractivity contribution in [3.8, 4) is 0 Å². The summed E-state index contributed by atoms with van der Waals surface area (Å²) in [6.07, 6.45) is 1.90. The molecule has 1 heterocycles. The van der Waals surface area contributed by atoms with E-state index in [1.165, 1.54) is 5.56 Å². The number of carbonyl (C=O) groups is 1. The SMILES string of the molecule is CCc1ccc2nc(N(CCCN(C)C)C(=O)c3ccccc3)sc2c1.Cl. The first-order chi connectivity index (χ1) is 12.6. The maximum absolute atomic E-state index is 13.1. The number of aryl methyl sites for hydroxylation is 1. The van der Waals surface area contributed by atoms with Crippen LogP contribution in [0.1, 0.15) is 29.3 Å². The zero-order chi connectivity index (χ0) is 18.5. The molecule has 3 aromatic rings. The van der Waals surface area contributed by atoms with E-state index < -0.39 is 0 Å². The summed E-state index contributed by atoms with van der Waals surface area (Å²) in [5, 5.41) is 0.779. The molecule has 0 saturated carbocycles. The fourth-order valence-corrected chi connectivity index (χ4v) is 3.91. The van der Waals surface area contributed by atoms with Crippen molar-refractivity contribution in [3.05, 3.63) is 59.7 Å². The van der Waals surface area contributed by atoms with Crippen molar-refractivity contribution in [2.75, 3.05) is 32.1 Å². The highest BCUT2D eigenvalue weighted by molar-refractivity contribution is 7.22. The van der Waals surface area contributed by atoms with E-state index in [2.05, 4.69) is 30.0 Å². The largest absolute Gasteiger partial charge is 0.309 e. The van der Waals surface area contributed by atoms with E-state index in [1.54, 1.807) is 11.3 Å². The fraction of sp³-hybridized carbons (Fsp3) is 0.333. The molecule has 6 heteroatoms. The summed E-state index contributed by atoms with van der Waals surface area (Å²) in [6.45, 7) is 3.74. The molecule has 0 aliphatic heterocycles. The number of aromatic nitrogens is 1. The first kappa shape index (κ1) is 21.4. The average Bonchev–Trinajstić information content (AvgIpc) is 3.07. The van der Waals surface area contributed by atoms with Crippen molar-refractivity contribution >= 4 is 45.0 Å². The number of rotatable bonds is 7. The lowest BCUT2D eigenvalue weighted by Gasteiger charge is -2.21. The lowest BCUT2D eigenvalue weighted by Crippen LogP contribution is -2.33. The van der Waals surface area contributed by atoms with Crippen molar-refractivity contribution in [1.82, 2.24) is 9.88 Å². The lowest BCUT2D eigenvalue weighted by molar-refractivity contribution is 0.0986. The van der Waals surface area contributed by atoms with Crippen LogP contribution >= 0.6 is 23.7 Å². The Labute approximate surface area is 171 Å². The van der Waals surface area contributed by atoms with Gasteiger partial charge in [0.2, 0.25) is 0 Å². The molecule has 0 saturated heterocycles. The van der Waals surface area contributed by atoms with Gasteiger partial charge >= 0.3 is 0 Å². The highest BCUT2D eigenvalue weighted by atomic mass is 35.5. The van der Waals surface area contributed by atoms with Crippen LogP contribution in [-0.4, -0.2) is 43.0 Å². The van der Waals surface area contributed by atoms with E-state index in [0.29, 0.717) is 12.1 Å². The zero-order valence-electron chi connectivity index (χ0n) is 16.0. The molecule has 0 aliphatic rings. The quantitative estimate of drug-likeness (QED) is 0.564. The third kappa shape index (κ3) is 5.28. The Hall–Kier alpha value is -1.95. The molecule has 1 aromatic heterocycles. The van der Waals surface area contributed by atoms with Gasteiger partial charge in [0, 0.05) is 12.1 Å². The summed E-state index contributed by atoms with van der Waals surface area (Å²) in [6, 6.07) is 15.8. The highest BCUT2D eigenvalue weighted by Crippen LogP contribution is 2.30. The molecule has 0 fully saturated rings. The van der Waals surface area contributed by atoms with Crippen molar-refractivity contribution in [2.45, 2.75) is 19.8 Å². The molecule has 0 atom stereocenters. The Morgan fingerprint density at radius 1 is 1.07 bits per heavy atom. The second kappa shape index (κ2) is 9.83. The Bertz CT molecular complexity index is 880. The third-order valence-corrected chi connectivity index (χ3v) is 5.37. The fourth-order valence-electron chi connectivity index (χ4n) is 2.86. The highest BCUT2D eigenvalue weighted by Gasteiger charge is 2.21. The Morgan fingerprint density at radius 2 is 1.81 bits per heavy atom. The number of hydrogen-bond acceptors (Lipinski definition) is 4. The van der Waals surface area contributed by atoms with E-state index >= 15 is 0 Å². The molecule has 0 radical (unpaired) electrons. The molecule has 4 nitrogen and oxygen atoms in total. The summed E-state index contributed by atoms with van der Waals surface area (Å²) < 4.78 is 1.14. The van der Waals surface area contributed by atoms with E-state index in [1.807, 2.05) is 49.3 Å². The number of nitrogens with zero attached hydrogens (tertiary/aromatic N) is 3. The van der Waals surface area contributed by atoms with Gasteiger partial charge in [-0.25, -0.2) is 4.98 Å². The molecule has 3 rings (SSSR count). The summed E-state index contributed by atoms with van der Waals surface area (Å²) >= 11 is 1.60. The molecular formula is C21H26ClN3OS. The summed E-state index contributed by atoms with van der Waals surface area (Å²) in [5.41, 5.74) is 2.95. The van der Waals surface area contributed by atoms with Crippen LogP contribution in [0, 0.1) is 0 Å². The third-order valence-electron chi connectivity index (χ3n) is 4.33. The Kier molecular flexibility index (Phi) is 7.78. The van der Waals surface area contributed by atoms with Gasteiger partial charge in [-0.1, -0.05) is 42.5 Å². The van der Waals surface area contributed by atoms with Gasteiger partial charge in [-0.05, 0) is 63.3 Å². The summed E-state index contributed by atoms with van der Waals surface area (Å²) in [5.74, 6) is 0.0131. The van der Waals surface area contributed by atoms with Crippen molar-refractivity contribution in [3.63, 3.8) is 0 Å². The van der Waals surface area contributed by atoms with E-state index in [9.17, 15) is 4.79 Å². The molecule has 0 unspecified atom stereocenters. The summed E-state index contributed by atoms with van der Waals surface area (Å²) in [7, 11) is 4.10. The molecule has 144 valence electrons. The predicted molar refractivity (Wildman–Crippen MR) is 118 cm³/mol. The number of carbonyl (C=O) groups excluding carboxylic acids is 1. The Morgan fingerprint density at radius 3 is 2.48 bits per heavy atom. The van der Waals surface area contributed by atoms with Crippen LogP contribution in [0.25, 0.3) is 10.2 Å². The van der Waals surface area contributed by atoms with Gasteiger partial charge < -0.3 is 4.90 Å². The number of amides is 1. The number of halogens is 1. The van der Waals surface area contributed by atoms with Crippen LogP contribution in [0.15, 0.2) is 48.5 Å². The molecule has 0 bridgehead atoms. The van der Waals surface area contributed by atoms with Crippen molar-refractivity contribution in [2.24, 2.45) is 0 Å². The normalized spacial score (nSPS) is 10.8. The number of fused-ring (bicyclic) bond motifs is 1. The van der Waals surface area contributed by atoms with Crippen LogP contribution < -0.4 is 4.90 Å². The van der Waals surface area contributed by atoms with Crippen LogP contribution in [0.2, 0.25) is 0 Å². The maximum atomic E-state index is 13.1. The standard InChI is InChI=1S/C21H25N3OS.ClH/c1-4-16-11-12-18-19(15-16)26-21(22-18)24(14-8-13-23(2)3)20(25)17-9-6-5-7-10-17;/h5-7,9-12,15H,4,8,13-14H2,1-3H3;1H.